The molecule has 2 heterocycles. The number of piperidine rings is 1. The van der Waals surface area contributed by atoms with Gasteiger partial charge >= 0.3 is 0 Å². The van der Waals surface area contributed by atoms with Gasteiger partial charge in [-0.1, -0.05) is 49.1 Å². The Labute approximate surface area is 209 Å². The number of hydrogen-bond acceptors (Lipinski definition) is 5. The van der Waals surface area contributed by atoms with Crippen LogP contribution in [-0.4, -0.2) is 73.5 Å². The summed E-state index contributed by atoms with van der Waals surface area (Å²) in [5, 5.41) is 2.39. The summed E-state index contributed by atoms with van der Waals surface area (Å²) in [6.45, 7) is 10.8. The van der Waals surface area contributed by atoms with Crippen molar-refractivity contribution in [1.82, 2.24) is 14.7 Å². The van der Waals surface area contributed by atoms with Gasteiger partial charge in [0.1, 0.15) is 5.75 Å². The van der Waals surface area contributed by atoms with Gasteiger partial charge in [-0.2, -0.15) is 0 Å². The van der Waals surface area contributed by atoms with E-state index in [0.717, 1.165) is 81.9 Å². The zero-order chi connectivity index (χ0) is 24.6. The second-order valence-electron chi connectivity index (χ2n) is 9.46. The van der Waals surface area contributed by atoms with E-state index in [1.165, 1.54) is 10.9 Å². The number of likely N-dealkylation sites (tertiary alicyclic amines) is 1. The fourth-order valence-corrected chi connectivity index (χ4v) is 5.31. The Morgan fingerprint density at radius 2 is 1.74 bits per heavy atom. The van der Waals surface area contributed by atoms with Crippen LogP contribution in [0, 0.1) is 5.92 Å². The van der Waals surface area contributed by atoms with Crippen molar-refractivity contribution in [2.24, 2.45) is 11.7 Å². The Bertz CT molecular complexity index is 1080. The Morgan fingerprint density at radius 1 is 1.03 bits per heavy atom. The molecule has 2 aliphatic rings. The largest absolute Gasteiger partial charge is 0.496 e. The lowest BCUT2D eigenvalue weighted by Crippen LogP contribution is -2.51. The third kappa shape index (κ3) is 6.13. The van der Waals surface area contributed by atoms with Crippen LogP contribution in [-0.2, 0) is 11.3 Å². The van der Waals surface area contributed by atoms with E-state index in [9.17, 15) is 4.79 Å². The topological polar surface area (TPSA) is 62.0 Å². The van der Waals surface area contributed by atoms with Gasteiger partial charge in [-0.25, -0.2) is 0 Å². The quantitative estimate of drug-likeness (QED) is 0.590. The smallest absolute Gasteiger partial charge is 0.225 e. The van der Waals surface area contributed by atoms with Gasteiger partial charge in [0.2, 0.25) is 5.91 Å². The van der Waals surface area contributed by atoms with Crippen LogP contribution in [0.3, 0.4) is 0 Å². The standard InChI is InChI=1S/C29H38N4O2/c1-3-6-23(11-14-30)21-31-15-12-24(13-16-31)29(34)33-19-17-32(18-20-33)22-25-9-10-28(35-2)27-8-5-4-7-26(25)27/h3-11,14,24H,1,12-13,15-22,30H2,2H3/b14-11-,23-6+. The van der Waals surface area contributed by atoms with Crippen LogP contribution in [0.25, 0.3) is 10.8 Å². The molecule has 2 fully saturated rings. The van der Waals surface area contributed by atoms with Crippen LogP contribution in [0.15, 0.2) is 73.0 Å². The number of benzene rings is 2. The molecule has 4 rings (SSSR count). The normalized spacial score (nSPS) is 18.9. The molecule has 186 valence electrons. The van der Waals surface area contributed by atoms with Crippen molar-refractivity contribution in [2.45, 2.75) is 19.4 Å². The number of carbonyl (C=O) groups is 1. The van der Waals surface area contributed by atoms with Crippen molar-refractivity contribution in [3.63, 3.8) is 0 Å². The fourth-order valence-electron chi connectivity index (χ4n) is 5.31. The fraction of sp³-hybridized carbons (Fsp3) is 0.414. The van der Waals surface area contributed by atoms with E-state index < -0.39 is 0 Å². The lowest BCUT2D eigenvalue weighted by atomic mass is 9.94. The highest BCUT2D eigenvalue weighted by atomic mass is 16.5. The minimum Gasteiger partial charge on any atom is -0.496 e. The molecule has 0 saturated carbocycles. The van der Waals surface area contributed by atoms with Crippen LogP contribution in [0.1, 0.15) is 18.4 Å². The Morgan fingerprint density at radius 3 is 2.40 bits per heavy atom. The molecule has 6 nitrogen and oxygen atoms in total. The minimum atomic E-state index is 0.139. The first-order valence-electron chi connectivity index (χ1n) is 12.6. The zero-order valence-corrected chi connectivity index (χ0v) is 20.9. The molecule has 0 aliphatic carbocycles. The number of fused-ring (bicyclic) bond motifs is 1. The zero-order valence-electron chi connectivity index (χ0n) is 20.9. The van der Waals surface area contributed by atoms with Gasteiger partial charge in [0.05, 0.1) is 7.11 Å². The van der Waals surface area contributed by atoms with Crippen LogP contribution in [0.4, 0.5) is 0 Å². The molecule has 0 bridgehead atoms. The first-order valence-corrected chi connectivity index (χ1v) is 12.6. The van der Waals surface area contributed by atoms with Crippen molar-refractivity contribution in [2.75, 3.05) is 52.9 Å². The first-order chi connectivity index (χ1) is 17.1. The lowest BCUT2D eigenvalue weighted by Gasteiger charge is -2.38. The van der Waals surface area contributed by atoms with E-state index in [2.05, 4.69) is 57.7 Å². The Balaban J connectivity index is 1.27. The van der Waals surface area contributed by atoms with Crippen LogP contribution >= 0.6 is 0 Å². The number of piperazine rings is 1. The maximum atomic E-state index is 13.2. The van der Waals surface area contributed by atoms with Crippen molar-refractivity contribution in [3.05, 3.63) is 78.5 Å². The molecule has 0 radical (unpaired) electrons. The summed E-state index contributed by atoms with van der Waals surface area (Å²) in [4.78, 5) is 20.2. The summed E-state index contributed by atoms with van der Waals surface area (Å²) in [5.74, 6) is 1.39. The second-order valence-corrected chi connectivity index (χ2v) is 9.46. The number of nitrogens with zero attached hydrogens (tertiary/aromatic N) is 3. The third-order valence-electron chi connectivity index (χ3n) is 7.26. The summed E-state index contributed by atoms with van der Waals surface area (Å²) in [5.41, 5.74) is 8.02. The first kappa shape index (κ1) is 25.0. The van der Waals surface area contributed by atoms with Crippen LogP contribution in [0.2, 0.25) is 0 Å². The Kier molecular flexibility index (Phi) is 8.61. The van der Waals surface area contributed by atoms with E-state index in [1.807, 2.05) is 12.2 Å². The molecule has 0 unspecified atom stereocenters. The van der Waals surface area contributed by atoms with Crippen molar-refractivity contribution >= 4 is 16.7 Å². The number of hydrogen-bond donors (Lipinski definition) is 1. The van der Waals surface area contributed by atoms with Gasteiger partial charge in [-0.15, -0.1) is 0 Å². The predicted molar refractivity (Wildman–Crippen MR) is 143 cm³/mol. The van der Waals surface area contributed by atoms with Gasteiger partial charge in [0.25, 0.3) is 0 Å². The molecule has 35 heavy (non-hydrogen) atoms. The molecule has 2 aromatic rings. The SMILES string of the molecule is C=C/C=C(\C=C/N)CN1CCC(C(=O)N2CCN(Cc3ccc(OC)c4ccccc34)CC2)CC1. The van der Waals surface area contributed by atoms with E-state index in [0.29, 0.717) is 5.91 Å². The minimum absolute atomic E-state index is 0.139. The molecule has 0 aromatic heterocycles. The summed E-state index contributed by atoms with van der Waals surface area (Å²) >= 11 is 0. The average molecular weight is 475 g/mol. The predicted octanol–water partition coefficient (Wildman–Crippen LogP) is 3.79. The summed E-state index contributed by atoms with van der Waals surface area (Å²) in [6, 6.07) is 12.7. The van der Waals surface area contributed by atoms with E-state index in [-0.39, 0.29) is 5.92 Å². The van der Waals surface area contributed by atoms with Crippen molar-refractivity contribution in [1.29, 1.82) is 0 Å². The number of allylic oxidation sites excluding steroid dienone is 2. The van der Waals surface area contributed by atoms with Gasteiger partial charge in [-0.05, 0) is 60.8 Å². The molecule has 6 heteroatoms. The van der Waals surface area contributed by atoms with Gasteiger partial charge in [-0.3, -0.25) is 14.6 Å². The van der Waals surface area contributed by atoms with Gasteiger partial charge < -0.3 is 15.4 Å². The maximum absolute atomic E-state index is 13.2. The van der Waals surface area contributed by atoms with Crippen LogP contribution in [0.5, 0.6) is 5.75 Å². The number of rotatable bonds is 8. The van der Waals surface area contributed by atoms with Crippen LogP contribution < -0.4 is 10.5 Å². The number of amides is 1. The molecule has 2 aliphatic heterocycles. The van der Waals surface area contributed by atoms with E-state index >= 15 is 0 Å². The number of carbonyl (C=O) groups excluding carboxylic acids is 1. The highest BCUT2D eigenvalue weighted by molar-refractivity contribution is 5.91. The highest BCUT2D eigenvalue weighted by Crippen LogP contribution is 2.29. The third-order valence-corrected chi connectivity index (χ3v) is 7.26. The molecule has 2 N–H and O–H groups in total. The summed E-state index contributed by atoms with van der Waals surface area (Å²) in [7, 11) is 1.72. The molecule has 0 spiro atoms. The average Bonchev–Trinajstić information content (AvgIpc) is 2.90. The van der Waals surface area contributed by atoms with Crippen molar-refractivity contribution in [3.8, 4) is 5.75 Å². The van der Waals surface area contributed by atoms with Gasteiger partial charge in [0.15, 0.2) is 0 Å². The van der Waals surface area contributed by atoms with E-state index in [4.69, 9.17) is 10.5 Å². The molecule has 2 aromatic carbocycles. The second kappa shape index (κ2) is 12.0. The Hall–Kier alpha value is -3.09. The monoisotopic (exact) mass is 474 g/mol. The molecular formula is C29H38N4O2. The number of nitrogens with two attached hydrogens (primary N) is 1. The molecule has 0 atom stereocenters. The van der Waals surface area contributed by atoms with Gasteiger partial charge in [0, 0.05) is 50.6 Å². The maximum Gasteiger partial charge on any atom is 0.225 e. The molecule has 1 amide bonds. The molecular weight excluding hydrogens is 436 g/mol. The number of ether oxygens (including phenoxy) is 1. The number of methoxy groups -OCH3 is 1. The summed E-state index contributed by atoms with van der Waals surface area (Å²) in [6.07, 6.45) is 9.13. The lowest BCUT2D eigenvalue weighted by molar-refractivity contribution is -0.138. The van der Waals surface area contributed by atoms with Crippen molar-refractivity contribution < 1.29 is 9.53 Å². The highest BCUT2D eigenvalue weighted by Gasteiger charge is 2.30. The van der Waals surface area contributed by atoms with E-state index in [1.54, 1.807) is 19.4 Å². The molecule has 2 saturated heterocycles. The summed E-state index contributed by atoms with van der Waals surface area (Å²) < 4.78 is 5.54.